The van der Waals surface area contributed by atoms with Gasteiger partial charge in [-0.15, -0.1) is 0 Å². The maximum Gasteiger partial charge on any atom is 0.166 e. The van der Waals surface area contributed by atoms with E-state index in [0.29, 0.717) is 0 Å². The minimum absolute atomic E-state index is 0.0836. The Kier molecular flexibility index (Phi) is 2.68. The molecule has 3 aliphatic heterocycles. The minimum Gasteiger partial charge on any atom is -0.493 e. The Labute approximate surface area is 159 Å². The number of hydrogen-bond acceptors (Lipinski definition) is 5. The second-order valence-electron chi connectivity index (χ2n) is 9.79. The molecule has 2 saturated heterocycles. The first-order valence-corrected chi connectivity index (χ1v) is 10.6. The Morgan fingerprint density at radius 3 is 2.85 bits per heavy atom. The highest BCUT2D eigenvalue weighted by atomic mass is 16.6. The van der Waals surface area contributed by atoms with Crippen molar-refractivity contribution in [1.82, 2.24) is 4.90 Å². The second kappa shape index (κ2) is 4.64. The van der Waals surface area contributed by atoms with Crippen LogP contribution >= 0.6 is 0 Å². The van der Waals surface area contributed by atoms with Crippen LogP contribution in [0.1, 0.15) is 43.2 Å². The van der Waals surface area contributed by atoms with Crippen LogP contribution in [0.15, 0.2) is 12.1 Å². The number of methoxy groups -OCH3 is 1. The van der Waals surface area contributed by atoms with Crippen molar-refractivity contribution in [3.8, 4) is 11.5 Å². The Balaban J connectivity index is 1.45. The van der Waals surface area contributed by atoms with Gasteiger partial charge in [-0.05, 0) is 62.6 Å². The maximum absolute atomic E-state index is 12.3. The van der Waals surface area contributed by atoms with Gasteiger partial charge in [-0.3, -0.25) is 4.90 Å². The molecule has 5 atom stereocenters. The third kappa shape index (κ3) is 1.65. The summed E-state index contributed by atoms with van der Waals surface area (Å²) in [5, 5.41) is 12.3. The lowest BCUT2D eigenvalue weighted by Gasteiger charge is -2.64. The molecule has 0 unspecified atom stereocenters. The van der Waals surface area contributed by atoms with Crippen molar-refractivity contribution < 1.29 is 19.3 Å². The van der Waals surface area contributed by atoms with Crippen molar-refractivity contribution in [2.24, 2.45) is 5.92 Å². The van der Waals surface area contributed by atoms with E-state index in [1.807, 2.05) is 6.07 Å². The Morgan fingerprint density at radius 1 is 1.26 bits per heavy atom. The van der Waals surface area contributed by atoms with Crippen molar-refractivity contribution >= 4 is 0 Å². The van der Waals surface area contributed by atoms with E-state index in [4.69, 9.17) is 14.2 Å². The molecule has 1 aromatic rings. The molecule has 4 fully saturated rings. The van der Waals surface area contributed by atoms with Gasteiger partial charge in [0.15, 0.2) is 11.5 Å². The highest BCUT2D eigenvalue weighted by Crippen LogP contribution is 2.69. The molecule has 6 aliphatic rings. The van der Waals surface area contributed by atoms with Gasteiger partial charge in [-0.2, -0.15) is 0 Å². The molecule has 0 amide bonds. The number of rotatable bonds is 3. The van der Waals surface area contributed by atoms with Crippen molar-refractivity contribution in [3.63, 3.8) is 0 Å². The molecule has 2 spiro atoms. The van der Waals surface area contributed by atoms with Crippen LogP contribution in [0.5, 0.6) is 11.5 Å². The van der Waals surface area contributed by atoms with Crippen LogP contribution in [0.3, 0.4) is 0 Å². The molecule has 0 radical (unpaired) electrons. The first-order chi connectivity index (χ1) is 13.1. The first-order valence-electron chi connectivity index (χ1n) is 10.6. The van der Waals surface area contributed by atoms with E-state index >= 15 is 0 Å². The monoisotopic (exact) mass is 369 g/mol. The fourth-order valence-electron chi connectivity index (χ4n) is 7.11. The van der Waals surface area contributed by atoms with Gasteiger partial charge in [0.2, 0.25) is 0 Å². The molecular formula is C22H27NO4. The van der Waals surface area contributed by atoms with Crippen molar-refractivity contribution in [3.05, 3.63) is 23.3 Å². The van der Waals surface area contributed by atoms with Crippen molar-refractivity contribution in [2.45, 2.75) is 67.3 Å². The summed E-state index contributed by atoms with van der Waals surface area (Å²) < 4.78 is 18.3. The summed E-state index contributed by atoms with van der Waals surface area (Å²) in [4.78, 5) is 2.61. The number of nitrogens with zero attached hydrogens (tertiary/aromatic N) is 1. The van der Waals surface area contributed by atoms with Crippen molar-refractivity contribution in [2.75, 3.05) is 26.8 Å². The molecule has 0 aromatic heterocycles. The fourth-order valence-corrected chi connectivity index (χ4v) is 7.11. The summed E-state index contributed by atoms with van der Waals surface area (Å²) in [7, 11) is 1.71. The van der Waals surface area contributed by atoms with Crippen LogP contribution in [-0.2, 0) is 16.6 Å². The van der Waals surface area contributed by atoms with E-state index < -0.39 is 5.60 Å². The first kappa shape index (κ1) is 15.6. The standard InChI is InChI=1S/C22H27NO4/c1-25-15-5-4-14-10-16-22(24)7-6-20(12-26-20)19-21(22,17(14)18(15)27-19)8-9-23(16)11-13-2-3-13/h4-5,13,16,19,24H,2-3,6-12H2,1H3/t16-,19+,20+,21+,22-/m1/s1. The predicted molar refractivity (Wildman–Crippen MR) is 98.4 cm³/mol. The molecule has 7 rings (SSSR count). The lowest BCUT2D eigenvalue weighted by atomic mass is 9.47. The highest BCUT2D eigenvalue weighted by Gasteiger charge is 2.78. The Morgan fingerprint density at radius 2 is 2.11 bits per heavy atom. The molecule has 144 valence electrons. The average Bonchev–Trinajstić information content (AvgIpc) is 3.58. The van der Waals surface area contributed by atoms with Gasteiger partial charge in [0.1, 0.15) is 11.7 Å². The quantitative estimate of drug-likeness (QED) is 0.827. The summed E-state index contributed by atoms with van der Waals surface area (Å²) >= 11 is 0. The average molecular weight is 369 g/mol. The van der Waals surface area contributed by atoms with Crippen LogP contribution in [0, 0.1) is 5.92 Å². The number of ether oxygens (including phenoxy) is 3. The molecule has 1 aromatic carbocycles. The van der Waals surface area contributed by atoms with Gasteiger partial charge in [-0.1, -0.05) is 6.07 Å². The molecule has 3 aliphatic carbocycles. The molecule has 2 saturated carbocycles. The number of piperidine rings is 1. The normalized spacial score (nSPS) is 46.1. The van der Waals surface area contributed by atoms with Gasteiger partial charge in [0.05, 0.1) is 24.7 Å². The molecule has 1 N–H and O–H groups in total. The number of fused-ring (bicyclic) bond motifs is 1. The molecule has 5 heteroatoms. The molecule has 5 nitrogen and oxygen atoms in total. The van der Waals surface area contributed by atoms with Crippen LogP contribution in [0.4, 0.5) is 0 Å². The number of likely N-dealkylation sites (tertiary alicyclic amines) is 1. The topological polar surface area (TPSA) is 54.5 Å². The van der Waals surface area contributed by atoms with E-state index in [1.165, 1.54) is 24.0 Å². The van der Waals surface area contributed by atoms with Gasteiger partial charge in [0, 0.05) is 18.2 Å². The third-order valence-electron chi connectivity index (χ3n) is 8.64. The van der Waals surface area contributed by atoms with Gasteiger partial charge < -0.3 is 19.3 Å². The SMILES string of the molecule is COc1ccc2c3c1O[C@H]1[C@]4(CC[C@@]5(O)[C@@H](C2)N(CC2CC2)CC[C@]315)CO4. The van der Waals surface area contributed by atoms with E-state index in [9.17, 15) is 5.11 Å². The zero-order valence-electron chi connectivity index (χ0n) is 15.9. The Bertz CT molecular complexity index is 847. The second-order valence-corrected chi connectivity index (χ2v) is 9.79. The zero-order chi connectivity index (χ0) is 18.0. The number of epoxide rings is 1. The van der Waals surface area contributed by atoms with E-state index in [0.717, 1.165) is 62.8 Å². The fraction of sp³-hybridized carbons (Fsp3) is 0.727. The minimum atomic E-state index is -0.730. The molecule has 2 bridgehead atoms. The molecule has 27 heavy (non-hydrogen) atoms. The maximum atomic E-state index is 12.3. The van der Waals surface area contributed by atoms with Gasteiger partial charge in [-0.25, -0.2) is 0 Å². The van der Waals surface area contributed by atoms with Crippen LogP contribution in [0.2, 0.25) is 0 Å². The predicted octanol–water partition coefficient (Wildman–Crippen LogP) is 2.03. The van der Waals surface area contributed by atoms with Gasteiger partial charge >= 0.3 is 0 Å². The summed E-state index contributed by atoms with van der Waals surface area (Å²) in [5.74, 6) is 2.52. The van der Waals surface area contributed by atoms with Crippen LogP contribution < -0.4 is 9.47 Å². The summed E-state index contributed by atoms with van der Waals surface area (Å²) in [6, 6.07) is 4.46. The van der Waals surface area contributed by atoms with E-state index in [1.54, 1.807) is 7.11 Å². The number of benzene rings is 1. The molecule has 3 heterocycles. The van der Waals surface area contributed by atoms with Crippen LogP contribution in [0.25, 0.3) is 0 Å². The smallest absolute Gasteiger partial charge is 0.166 e. The van der Waals surface area contributed by atoms with Crippen molar-refractivity contribution in [1.29, 1.82) is 0 Å². The highest BCUT2D eigenvalue weighted by molar-refractivity contribution is 5.63. The number of aliphatic hydroxyl groups is 1. The summed E-state index contributed by atoms with van der Waals surface area (Å²) in [6.07, 6.45) is 6.21. The summed E-state index contributed by atoms with van der Waals surface area (Å²) in [6.45, 7) is 2.96. The lowest BCUT2D eigenvalue weighted by molar-refractivity contribution is -0.200. The van der Waals surface area contributed by atoms with E-state index in [2.05, 4.69) is 11.0 Å². The molecular weight excluding hydrogens is 342 g/mol. The largest absolute Gasteiger partial charge is 0.493 e. The summed E-state index contributed by atoms with van der Waals surface area (Å²) in [5.41, 5.74) is 1.32. The lowest BCUT2D eigenvalue weighted by Crippen LogP contribution is -2.77. The Hall–Kier alpha value is -1.30. The number of hydrogen-bond donors (Lipinski definition) is 1. The van der Waals surface area contributed by atoms with Gasteiger partial charge in [0.25, 0.3) is 0 Å². The zero-order valence-corrected chi connectivity index (χ0v) is 15.9. The van der Waals surface area contributed by atoms with E-state index in [-0.39, 0.29) is 23.2 Å². The van der Waals surface area contributed by atoms with Crippen LogP contribution in [-0.4, -0.2) is 60.2 Å². The third-order valence-corrected chi connectivity index (χ3v) is 8.64.